The van der Waals surface area contributed by atoms with Gasteiger partial charge in [0.05, 0.1) is 0 Å². The number of hydrogen-bond donors (Lipinski definition) is 0. The second-order valence-electron chi connectivity index (χ2n) is 19.1. The number of hydrogen-bond acceptors (Lipinski definition) is 1. The molecule has 64 heavy (non-hydrogen) atoms. The van der Waals surface area contributed by atoms with Gasteiger partial charge in [-0.05, 0) is 178 Å². The third kappa shape index (κ3) is 5.92. The summed E-state index contributed by atoms with van der Waals surface area (Å²) in [5.74, 6) is 2.75. The van der Waals surface area contributed by atoms with Gasteiger partial charge in [-0.25, -0.2) is 0 Å². The van der Waals surface area contributed by atoms with Gasteiger partial charge >= 0.3 is 0 Å². The van der Waals surface area contributed by atoms with E-state index in [4.69, 9.17) is 0 Å². The maximum absolute atomic E-state index is 2.51. The van der Waals surface area contributed by atoms with Crippen LogP contribution in [0.4, 0.5) is 17.1 Å². The molecule has 1 aliphatic heterocycles. The summed E-state index contributed by atoms with van der Waals surface area (Å²) in [6, 6.07) is 82.7. The van der Waals surface area contributed by atoms with E-state index < -0.39 is 10.0 Å². The molecule has 9 aromatic rings. The minimum absolute atomic E-state index is 0.353. The molecule has 9 aromatic carbocycles. The van der Waals surface area contributed by atoms with E-state index in [0.717, 1.165) is 23.4 Å². The Morgan fingerprint density at radius 3 is 1.44 bits per heavy atom. The van der Waals surface area contributed by atoms with Crippen molar-refractivity contribution in [3.63, 3.8) is 0 Å². The van der Waals surface area contributed by atoms with E-state index in [0.29, 0.717) is 5.41 Å². The van der Waals surface area contributed by atoms with E-state index in [1.54, 1.807) is 5.56 Å². The predicted octanol–water partition coefficient (Wildman–Crippen LogP) is 17.4. The number of rotatable bonds is 8. The molecule has 0 radical (unpaired) electrons. The standard InChI is InChI=1S/C62H51NS/c1-3-14-46(15-4-1)55-24-11-16-48-17-12-25-56(61(48)55)47-28-32-50(33-29-47)63(51-34-30-49(31-35-51)62-40-43-36-44(41-62)38-45(37-43)42-62)52-18-13-21-54(39-52)64(53-19-5-2-6-20-53)59-26-9-7-22-57(59)58-23-8-10-27-60(58)64/h1-35,39,43-45H,36-38,40-42H2. The second kappa shape index (κ2) is 15.0. The lowest BCUT2D eigenvalue weighted by atomic mass is 9.48. The van der Waals surface area contributed by atoms with Crippen LogP contribution in [0.15, 0.2) is 238 Å². The summed E-state index contributed by atoms with van der Waals surface area (Å²) in [5.41, 5.74) is 13.1. The molecule has 14 rings (SSSR count). The number of nitrogens with zero attached hydrogens (tertiary/aromatic N) is 1. The second-order valence-corrected chi connectivity index (χ2v) is 22.2. The van der Waals surface area contributed by atoms with Crippen molar-refractivity contribution < 1.29 is 0 Å². The first kappa shape index (κ1) is 37.9. The maximum Gasteiger partial charge on any atom is 0.0472 e. The highest BCUT2D eigenvalue weighted by Crippen LogP contribution is 2.80. The van der Waals surface area contributed by atoms with Gasteiger partial charge in [-0.1, -0.05) is 152 Å². The van der Waals surface area contributed by atoms with E-state index >= 15 is 0 Å². The molecule has 0 spiro atoms. The molecule has 310 valence electrons. The molecule has 0 amide bonds. The van der Waals surface area contributed by atoms with Crippen molar-refractivity contribution in [2.75, 3.05) is 4.90 Å². The van der Waals surface area contributed by atoms with E-state index in [2.05, 4.69) is 223 Å². The zero-order chi connectivity index (χ0) is 42.2. The topological polar surface area (TPSA) is 3.24 Å². The SMILES string of the molecule is c1ccc(-c2cccc3cccc(-c4ccc(N(c5ccc(C67CC8CC(CC(C8)C6)C7)cc5)c5cccc(S6(c7ccccc7)c7ccccc7-c7ccccc76)c5)cc4)c23)cc1. The molecule has 1 heterocycles. The Morgan fingerprint density at radius 2 is 0.844 bits per heavy atom. The lowest BCUT2D eigenvalue weighted by molar-refractivity contribution is -0.00518. The highest BCUT2D eigenvalue weighted by Gasteiger charge is 2.51. The van der Waals surface area contributed by atoms with E-state index in [1.165, 1.54) is 114 Å². The van der Waals surface area contributed by atoms with Gasteiger partial charge in [0.15, 0.2) is 0 Å². The fourth-order valence-electron chi connectivity index (χ4n) is 13.2. The molecule has 1 nitrogen and oxygen atoms in total. The highest BCUT2D eigenvalue weighted by molar-refractivity contribution is 8.34. The Balaban J connectivity index is 0.970. The molecule has 2 heteroatoms. The molecular formula is C62H51NS. The molecule has 4 saturated carbocycles. The van der Waals surface area contributed by atoms with Gasteiger partial charge in [-0.2, -0.15) is 0 Å². The van der Waals surface area contributed by atoms with Gasteiger partial charge in [0.25, 0.3) is 0 Å². The van der Waals surface area contributed by atoms with E-state index in [-0.39, 0.29) is 0 Å². The zero-order valence-corrected chi connectivity index (χ0v) is 36.9. The monoisotopic (exact) mass is 841 g/mol. The summed E-state index contributed by atoms with van der Waals surface area (Å²) in [6.45, 7) is 0. The number of benzene rings is 9. The average molecular weight is 842 g/mol. The van der Waals surface area contributed by atoms with Crippen molar-refractivity contribution in [1.29, 1.82) is 0 Å². The molecule has 4 bridgehead atoms. The van der Waals surface area contributed by atoms with E-state index in [1.807, 2.05) is 0 Å². The first-order valence-electron chi connectivity index (χ1n) is 23.4. The van der Waals surface area contributed by atoms with Gasteiger partial charge < -0.3 is 4.90 Å². The van der Waals surface area contributed by atoms with E-state index in [9.17, 15) is 0 Å². The van der Waals surface area contributed by atoms with Crippen LogP contribution < -0.4 is 4.90 Å². The van der Waals surface area contributed by atoms with Crippen molar-refractivity contribution in [1.82, 2.24) is 0 Å². The average Bonchev–Trinajstić information content (AvgIpc) is 3.65. The molecule has 0 unspecified atom stereocenters. The molecular weight excluding hydrogens is 791 g/mol. The van der Waals surface area contributed by atoms with Crippen LogP contribution in [0.1, 0.15) is 44.1 Å². The van der Waals surface area contributed by atoms with Crippen LogP contribution in [0.3, 0.4) is 0 Å². The quantitative estimate of drug-likeness (QED) is 0.147. The third-order valence-corrected chi connectivity index (χ3v) is 19.4. The molecule has 0 saturated heterocycles. The smallest absolute Gasteiger partial charge is 0.0472 e. The minimum atomic E-state index is -1.81. The summed E-state index contributed by atoms with van der Waals surface area (Å²) in [4.78, 5) is 8.07. The Kier molecular flexibility index (Phi) is 8.88. The molecule has 0 atom stereocenters. The van der Waals surface area contributed by atoms with Crippen LogP contribution in [0, 0.1) is 17.8 Å². The number of fused-ring (bicyclic) bond motifs is 4. The third-order valence-electron chi connectivity index (χ3n) is 15.5. The van der Waals surface area contributed by atoms with Crippen LogP contribution in [0.2, 0.25) is 0 Å². The Bertz CT molecular complexity index is 3100. The molecule has 4 fully saturated rings. The van der Waals surface area contributed by atoms with Crippen LogP contribution in [0.25, 0.3) is 44.2 Å². The molecule has 0 N–H and O–H groups in total. The summed E-state index contributed by atoms with van der Waals surface area (Å²) in [6.07, 6.45) is 8.51. The minimum Gasteiger partial charge on any atom is -0.310 e. The Morgan fingerprint density at radius 1 is 0.375 bits per heavy atom. The van der Waals surface area contributed by atoms with Gasteiger partial charge in [-0.3, -0.25) is 0 Å². The normalized spacial score (nSPS) is 21.6. The lowest BCUT2D eigenvalue weighted by Gasteiger charge is -2.57. The lowest BCUT2D eigenvalue weighted by Crippen LogP contribution is -2.48. The first-order chi connectivity index (χ1) is 31.6. The van der Waals surface area contributed by atoms with Crippen LogP contribution >= 0.6 is 10.0 Å². The fraction of sp³-hybridized carbons (Fsp3) is 0.161. The van der Waals surface area contributed by atoms with Gasteiger partial charge in [0.2, 0.25) is 0 Å². The summed E-state index contributed by atoms with van der Waals surface area (Å²) >= 11 is 0. The van der Waals surface area contributed by atoms with Crippen LogP contribution in [0.5, 0.6) is 0 Å². The van der Waals surface area contributed by atoms with Gasteiger partial charge in [0.1, 0.15) is 0 Å². The predicted molar refractivity (Wildman–Crippen MR) is 268 cm³/mol. The highest BCUT2D eigenvalue weighted by atomic mass is 32.3. The van der Waals surface area contributed by atoms with Gasteiger partial charge in [0, 0.05) is 36.6 Å². The van der Waals surface area contributed by atoms with Crippen LogP contribution in [-0.2, 0) is 5.41 Å². The summed E-state index contributed by atoms with van der Waals surface area (Å²) < 4.78 is 0. The van der Waals surface area contributed by atoms with Gasteiger partial charge in [-0.15, -0.1) is 10.0 Å². The Hall–Kier alpha value is -6.61. The van der Waals surface area contributed by atoms with Crippen molar-refractivity contribution in [2.24, 2.45) is 17.8 Å². The fourth-order valence-corrected chi connectivity index (χ4v) is 17.5. The largest absolute Gasteiger partial charge is 0.310 e. The van der Waals surface area contributed by atoms with Crippen LogP contribution in [-0.4, -0.2) is 0 Å². The number of anilines is 3. The maximum atomic E-state index is 2.51. The van der Waals surface area contributed by atoms with Crippen molar-refractivity contribution >= 4 is 37.9 Å². The molecule has 4 aliphatic carbocycles. The summed E-state index contributed by atoms with van der Waals surface area (Å²) in [7, 11) is -1.81. The van der Waals surface area contributed by atoms with Crippen molar-refractivity contribution in [3.8, 4) is 33.4 Å². The Labute approximate surface area is 379 Å². The molecule has 0 aromatic heterocycles. The first-order valence-corrected chi connectivity index (χ1v) is 25.0. The van der Waals surface area contributed by atoms with Crippen molar-refractivity contribution in [3.05, 3.63) is 224 Å². The summed E-state index contributed by atoms with van der Waals surface area (Å²) in [5, 5.41) is 2.55. The molecule has 5 aliphatic rings. The van der Waals surface area contributed by atoms with Crippen molar-refractivity contribution in [2.45, 2.75) is 63.5 Å². The zero-order valence-electron chi connectivity index (χ0n) is 36.1.